The first-order chi connectivity index (χ1) is 13.6. The fourth-order valence-corrected chi connectivity index (χ4v) is 2.96. The molecule has 28 heavy (non-hydrogen) atoms. The number of hydrogen-bond donors (Lipinski definition) is 1. The second-order valence-electron chi connectivity index (χ2n) is 6.38. The molecule has 0 aliphatic heterocycles. The van der Waals surface area contributed by atoms with Crippen molar-refractivity contribution in [3.05, 3.63) is 94.5 Å². The molecule has 0 heterocycles. The lowest BCUT2D eigenvalue weighted by Crippen LogP contribution is -2.26. The van der Waals surface area contributed by atoms with Crippen molar-refractivity contribution in [1.82, 2.24) is 5.32 Å². The molecule has 0 radical (unpaired) electrons. The summed E-state index contributed by atoms with van der Waals surface area (Å²) in [5, 5.41) is 3.67. The Morgan fingerprint density at radius 1 is 1.04 bits per heavy atom. The lowest BCUT2D eigenvalue weighted by atomic mass is 10.1. The van der Waals surface area contributed by atoms with Crippen molar-refractivity contribution in [2.24, 2.45) is 0 Å². The Morgan fingerprint density at radius 2 is 1.75 bits per heavy atom. The molecule has 0 saturated heterocycles. The van der Waals surface area contributed by atoms with E-state index in [1.807, 2.05) is 37.3 Å². The fourth-order valence-electron chi connectivity index (χ4n) is 2.83. The maximum atomic E-state index is 12.7. The molecule has 5 heteroatoms. The Kier molecular flexibility index (Phi) is 6.56. The SMILES string of the molecule is COc1ccc(C(=O)N[C@@H](C)c2ccccc2)cc1COc1ccc(Cl)cc1. The summed E-state index contributed by atoms with van der Waals surface area (Å²) in [6.07, 6.45) is 0. The molecule has 144 valence electrons. The van der Waals surface area contributed by atoms with Gasteiger partial charge < -0.3 is 14.8 Å². The van der Waals surface area contributed by atoms with Crippen LogP contribution >= 0.6 is 11.6 Å². The van der Waals surface area contributed by atoms with Crippen molar-refractivity contribution in [3.63, 3.8) is 0 Å². The van der Waals surface area contributed by atoms with Gasteiger partial charge in [-0.15, -0.1) is 0 Å². The van der Waals surface area contributed by atoms with Gasteiger partial charge in [0, 0.05) is 16.1 Å². The predicted octanol–water partition coefficient (Wildman–Crippen LogP) is 5.42. The molecule has 0 aromatic heterocycles. The molecule has 4 nitrogen and oxygen atoms in total. The van der Waals surface area contributed by atoms with Gasteiger partial charge in [0.2, 0.25) is 0 Å². The van der Waals surface area contributed by atoms with Crippen LogP contribution in [0.5, 0.6) is 11.5 Å². The van der Waals surface area contributed by atoms with Crippen molar-refractivity contribution < 1.29 is 14.3 Å². The van der Waals surface area contributed by atoms with Gasteiger partial charge in [0.1, 0.15) is 18.1 Å². The summed E-state index contributed by atoms with van der Waals surface area (Å²) < 4.78 is 11.2. The predicted molar refractivity (Wildman–Crippen MR) is 111 cm³/mol. The lowest BCUT2D eigenvalue weighted by Gasteiger charge is -2.16. The molecule has 0 unspecified atom stereocenters. The van der Waals surface area contributed by atoms with E-state index in [9.17, 15) is 4.79 Å². The van der Waals surface area contributed by atoms with E-state index in [-0.39, 0.29) is 18.6 Å². The maximum absolute atomic E-state index is 12.7. The third-order valence-corrected chi connectivity index (χ3v) is 4.65. The van der Waals surface area contributed by atoms with Gasteiger partial charge in [0.15, 0.2) is 0 Å². The van der Waals surface area contributed by atoms with Gasteiger partial charge in [-0.05, 0) is 55.0 Å². The number of amides is 1. The van der Waals surface area contributed by atoms with Gasteiger partial charge in [-0.25, -0.2) is 0 Å². The minimum atomic E-state index is -0.147. The molecule has 1 N–H and O–H groups in total. The zero-order valence-corrected chi connectivity index (χ0v) is 16.6. The van der Waals surface area contributed by atoms with Crippen molar-refractivity contribution >= 4 is 17.5 Å². The van der Waals surface area contributed by atoms with Crippen molar-refractivity contribution in [2.75, 3.05) is 7.11 Å². The standard InChI is InChI=1S/C23H22ClNO3/c1-16(17-6-4-3-5-7-17)25-23(26)18-8-13-22(27-2)19(14-18)15-28-21-11-9-20(24)10-12-21/h3-14,16H,15H2,1-2H3,(H,25,26)/t16-/m0/s1. The third-order valence-electron chi connectivity index (χ3n) is 4.40. The Morgan fingerprint density at radius 3 is 2.43 bits per heavy atom. The number of carbonyl (C=O) groups is 1. The van der Waals surface area contributed by atoms with E-state index < -0.39 is 0 Å². The second kappa shape index (κ2) is 9.29. The first-order valence-electron chi connectivity index (χ1n) is 8.98. The van der Waals surface area contributed by atoms with E-state index in [4.69, 9.17) is 21.1 Å². The Labute approximate surface area is 170 Å². The van der Waals surface area contributed by atoms with Gasteiger partial charge in [0.25, 0.3) is 5.91 Å². The van der Waals surface area contributed by atoms with Crippen LogP contribution in [0.3, 0.4) is 0 Å². The number of ether oxygens (including phenoxy) is 2. The molecular formula is C23H22ClNO3. The summed E-state index contributed by atoms with van der Waals surface area (Å²) in [6.45, 7) is 2.24. The smallest absolute Gasteiger partial charge is 0.251 e. The Bertz CT molecular complexity index is 926. The van der Waals surface area contributed by atoms with Crippen LogP contribution in [0.4, 0.5) is 0 Å². The van der Waals surface area contributed by atoms with E-state index in [1.165, 1.54) is 0 Å². The minimum Gasteiger partial charge on any atom is -0.496 e. The highest BCUT2D eigenvalue weighted by atomic mass is 35.5. The average molecular weight is 396 g/mol. The molecule has 3 rings (SSSR count). The minimum absolute atomic E-state index is 0.0930. The largest absolute Gasteiger partial charge is 0.496 e. The van der Waals surface area contributed by atoms with Crippen LogP contribution in [0.15, 0.2) is 72.8 Å². The van der Waals surface area contributed by atoms with Crippen LogP contribution in [-0.4, -0.2) is 13.0 Å². The third kappa shape index (κ3) is 5.05. The van der Waals surface area contributed by atoms with E-state index in [0.717, 1.165) is 11.1 Å². The van der Waals surface area contributed by atoms with Crippen LogP contribution in [0, 0.1) is 0 Å². The van der Waals surface area contributed by atoms with E-state index in [1.54, 1.807) is 49.6 Å². The number of benzene rings is 3. The lowest BCUT2D eigenvalue weighted by molar-refractivity contribution is 0.0939. The zero-order valence-electron chi connectivity index (χ0n) is 15.8. The Balaban J connectivity index is 1.72. The highest BCUT2D eigenvalue weighted by molar-refractivity contribution is 6.30. The average Bonchev–Trinajstić information content (AvgIpc) is 2.73. The highest BCUT2D eigenvalue weighted by Crippen LogP contribution is 2.23. The fraction of sp³-hybridized carbons (Fsp3) is 0.174. The quantitative estimate of drug-likeness (QED) is 0.581. The summed E-state index contributed by atoms with van der Waals surface area (Å²) in [6, 6.07) is 22.2. The highest BCUT2D eigenvalue weighted by Gasteiger charge is 2.14. The van der Waals surface area contributed by atoms with Gasteiger partial charge in [-0.1, -0.05) is 41.9 Å². The monoisotopic (exact) mass is 395 g/mol. The molecule has 0 saturated carbocycles. The molecule has 3 aromatic carbocycles. The second-order valence-corrected chi connectivity index (χ2v) is 6.81. The van der Waals surface area contributed by atoms with E-state index >= 15 is 0 Å². The first kappa shape index (κ1) is 19.8. The van der Waals surface area contributed by atoms with Gasteiger partial charge in [-0.2, -0.15) is 0 Å². The van der Waals surface area contributed by atoms with Gasteiger partial charge in [-0.3, -0.25) is 4.79 Å². The van der Waals surface area contributed by atoms with Crippen molar-refractivity contribution in [2.45, 2.75) is 19.6 Å². The van der Waals surface area contributed by atoms with E-state index in [2.05, 4.69) is 5.32 Å². The number of nitrogens with one attached hydrogen (secondary N) is 1. The normalized spacial score (nSPS) is 11.5. The summed E-state index contributed by atoms with van der Waals surface area (Å²) >= 11 is 5.90. The maximum Gasteiger partial charge on any atom is 0.251 e. The van der Waals surface area contributed by atoms with Crippen LogP contribution in [-0.2, 0) is 6.61 Å². The number of methoxy groups -OCH3 is 1. The van der Waals surface area contributed by atoms with Crippen molar-refractivity contribution in [3.8, 4) is 11.5 Å². The number of halogens is 1. The molecule has 0 bridgehead atoms. The van der Waals surface area contributed by atoms with Crippen LogP contribution in [0.2, 0.25) is 5.02 Å². The molecule has 1 atom stereocenters. The summed E-state index contributed by atoms with van der Waals surface area (Å²) in [5.74, 6) is 1.22. The molecule has 0 aliphatic carbocycles. The van der Waals surface area contributed by atoms with E-state index in [0.29, 0.717) is 22.1 Å². The summed E-state index contributed by atoms with van der Waals surface area (Å²) in [5.41, 5.74) is 2.39. The molecule has 0 fully saturated rings. The summed E-state index contributed by atoms with van der Waals surface area (Å²) in [4.78, 5) is 12.7. The zero-order chi connectivity index (χ0) is 19.9. The molecular weight excluding hydrogens is 374 g/mol. The van der Waals surface area contributed by atoms with Crippen LogP contribution in [0.1, 0.15) is 34.5 Å². The summed E-state index contributed by atoms with van der Waals surface area (Å²) in [7, 11) is 1.60. The van der Waals surface area contributed by atoms with Crippen molar-refractivity contribution in [1.29, 1.82) is 0 Å². The number of carbonyl (C=O) groups excluding carboxylic acids is 1. The topological polar surface area (TPSA) is 47.6 Å². The number of hydrogen-bond acceptors (Lipinski definition) is 3. The van der Waals surface area contributed by atoms with Crippen LogP contribution in [0.25, 0.3) is 0 Å². The first-order valence-corrected chi connectivity index (χ1v) is 9.35. The molecule has 0 aliphatic rings. The molecule has 0 spiro atoms. The van der Waals surface area contributed by atoms with Crippen LogP contribution < -0.4 is 14.8 Å². The Hall–Kier alpha value is -2.98. The molecule has 3 aromatic rings. The van der Waals surface area contributed by atoms with Gasteiger partial charge in [0.05, 0.1) is 13.2 Å². The van der Waals surface area contributed by atoms with Gasteiger partial charge >= 0.3 is 0 Å². The number of rotatable bonds is 7. The molecule has 1 amide bonds.